The fourth-order valence-corrected chi connectivity index (χ4v) is 1.83. The zero-order valence-electron chi connectivity index (χ0n) is 9.18. The van der Waals surface area contributed by atoms with Crippen molar-refractivity contribution in [3.05, 3.63) is 36.0 Å². The summed E-state index contributed by atoms with van der Waals surface area (Å²) in [7, 11) is 1.44. The molecule has 86 valence electrons. The molecule has 2 aromatic rings. The summed E-state index contributed by atoms with van der Waals surface area (Å²) in [5.41, 5.74) is 8.00. The number of nitrogens with two attached hydrogens (primary N) is 1. The van der Waals surface area contributed by atoms with Crippen molar-refractivity contribution in [3.8, 4) is 0 Å². The van der Waals surface area contributed by atoms with E-state index in [0.29, 0.717) is 6.42 Å². The van der Waals surface area contributed by atoms with Crippen LogP contribution in [0.3, 0.4) is 0 Å². The van der Waals surface area contributed by atoms with Gasteiger partial charge in [0.2, 0.25) is 0 Å². The lowest BCUT2D eigenvalue weighted by atomic mass is 10.1. The second-order valence-electron chi connectivity index (χ2n) is 3.85. The number of methoxy groups -OCH3 is 1. The van der Waals surface area contributed by atoms with Crippen LogP contribution < -0.4 is 5.73 Å². The molecule has 2 unspecified atom stereocenters. The summed E-state index contributed by atoms with van der Waals surface area (Å²) in [5.74, 6) is 0. The van der Waals surface area contributed by atoms with Gasteiger partial charge in [0.25, 0.3) is 0 Å². The number of rotatable bonds is 4. The lowest BCUT2D eigenvalue weighted by Gasteiger charge is -2.16. The summed E-state index contributed by atoms with van der Waals surface area (Å²) in [4.78, 5) is 3.17. The van der Waals surface area contributed by atoms with Gasteiger partial charge in [-0.1, -0.05) is 18.2 Å². The van der Waals surface area contributed by atoms with Crippen molar-refractivity contribution in [2.45, 2.75) is 18.8 Å². The summed E-state index contributed by atoms with van der Waals surface area (Å²) < 4.78 is 4.79. The highest BCUT2D eigenvalue weighted by molar-refractivity contribution is 5.83. The van der Waals surface area contributed by atoms with Crippen molar-refractivity contribution in [1.29, 1.82) is 0 Å². The molecule has 0 spiro atoms. The number of hydrogen-bond donors (Lipinski definition) is 3. The van der Waals surface area contributed by atoms with Gasteiger partial charge in [-0.3, -0.25) is 0 Å². The zero-order chi connectivity index (χ0) is 11.5. The van der Waals surface area contributed by atoms with Crippen molar-refractivity contribution >= 4 is 10.9 Å². The van der Waals surface area contributed by atoms with Crippen LogP contribution in [-0.4, -0.2) is 29.5 Å². The number of para-hydroxylation sites is 1. The highest BCUT2D eigenvalue weighted by Crippen LogP contribution is 2.19. The lowest BCUT2D eigenvalue weighted by Crippen LogP contribution is -2.37. The SMILES string of the molecule is COC(O)C(N)Cc1c[nH]c2ccccc12. The summed E-state index contributed by atoms with van der Waals surface area (Å²) >= 11 is 0. The predicted octanol–water partition coefficient (Wildman–Crippen LogP) is 1.00. The topological polar surface area (TPSA) is 71.3 Å². The molecule has 4 N–H and O–H groups in total. The first-order valence-electron chi connectivity index (χ1n) is 5.24. The zero-order valence-corrected chi connectivity index (χ0v) is 9.18. The Morgan fingerprint density at radius 2 is 2.19 bits per heavy atom. The first-order chi connectivity index (χ1) is 7.72. The van der Waals surface area contributed by atoms with Crippen molar-refractivity contribution in [1.82, 2.24) is 4.98 Å². The van der Waals surface area contributed by atoms with Crippen molar-refractivity contribution < 1.29 is 9.84 Å². The summed E-state index contributed by atoms with van der Waals surface area (Å²) in [6.45, 7) is 0. The van der Waals surface area contributed by atoms with E-state index >= 15 is 0 Å². The minimum atomic E-state index is -0.923. The van der Waals surface area contributed by atoms with Crippen LogP contribution in [0.15, 0.2) is 30.5 Å². The van der Waals surface area contributed by atoms with Crippen molar-refractivity contribution in [3.63, 3.8) is 0 Å². The Morgan fingerprint density at radius 1 is 1.44 bits per heavy atom. The second kappa shape index (κ2) is 4.65. The molecule has 2 atom stereocenters. The number of H-pyrrole nitrogens is 1. The van der Waals surface area contributed by atoms with Crippen molar-refractivity contribution in [2.24, 2.45) is 5.73 Å². The third kappa shape index (κ3) is 2.09. The third-order valence-corrected chi connectivity index (χ3v) is 2.74. The van der Waals surface area contributed by atoms with Gasteiger partial charge < -0.3 is 20.6 Å². The number of aliphatic hydroxyl groups excluding tert-OH is 1. The van der Waals surface area contributed by atoms with Gasteiger partial charge in [0.05, 0.1) is 6.04 Å². The van der Waals surface area contributed by atoms with E-state index in [0.717, 1.165) is 16.5 Å². The Labute approximate surface area is 94.0 Å². The van der Waals surface area contributed by atoms with Crippen LogP contribution in [0.5, 0.6) is 0 Å². The Hall–Kier alpha value is -1.36. The number of fused-ring (bicyclic) bond motifs is 1. The van der Waals surface area contributed by atoms with E-state index in [1.54, 1.807) is 0 Å². The van der Waals surface area contributed by atoms with Crippen LogP contribution in [0.25, 0.3) is 10.9 Å². The highest BCUT2D eigenvalue weighted by atomic mass is 16.6. The largest absolute Gasteiger partial charge is 0.367 e. The van der Waals surface area contributed by atoms with Crippen LogP contribution in [0.2, 0.25) is 0 Å². The molecule has 0 fully saturated rings. The van der Waals surface area contributed by atoms with Crippen molar-refractivity contribution in [2.75, 3.05) is 7.11 Å². The smallest absolute Gasteiger partial charge is 0.169 e. The van der Waals surface area contributed by atoms with E-state index in [1.165, 1.54) is 7.11 Å². The average Bonchev–Trinajstić information content (AvgIpc) is 2.72. The number of hydrogen-bond acceptors (Lipinski definition) is 3. The molecule has 0 aliphatic carbocycles. The normalized spacial score (nSPS) is 15.2. The molecule has 0 aliphatic rings. The molecule has 16 heavy (non-hydrogen) atoms. The first kappa shape index (κ1) is 11.1. The van der Waals surface area contributed by atoms with E-state index in [2.05, 4.69) is 4.98 Å². The molecule has 1 aromatic carbocycles. The number of benzene rings is 1. The number of aromatic nitrogens is 1. The molecule has 1 aromatic heterocycles. The minimum Gasteiger partial charge on any atom is -0.367 e. The first-order valence-corrected chi connectivity index (χ1v) is 5.24. The Morgan fingerprint density at radius 3 is 2.94 bits per heavy atom. The number of aliphatic hydroxyl groups is 1. The maximum atomic E-state index is 9.44. The van der Waals surface area contributed by atoms with Gasteiger partial charge in [0.1, 0.15) is 0 Å². The van der Waals surface area contributed by atoms with E-state index in [9.17, 15) is 5.11 Å². The van der Waals surface area contributed by atoms with Gasteiger partial charge in [-0.15, -0.1) is 0 Å². The number of ether oxygens (including phenoxy) is 1. The van der Waals surface area contributed by atoms with Gasteiger partial charge in [0, 0.05) is 24.2 Å². The van der Waals surface area contributed by atoms with E-state index < -0.39 is 12.3 Å². The fourth-order valence-electron chi connectivity index (χ4n) is 1.83. The van der Waals surface area contributed by atoms with E-state index in [1.807, 2.05) is 30.5 Å². The molecule has 2 rings (SSSR count). The standard InChI is InChI=1S/C12H16N2O2/c1-16-12(15)10(13)6-8-7-14-11-5-3-2-4-9(8)11/h2-5,7,10,12,14-15H,6,13H2,1H3. The summed E-state index contributed by atoms with van der Waals surface area (Å²) in [6.07, 6.45) is 1.58. The molecular formula is C12H16N2O2. The Bertz CT molecular complexity index is 467. The maximum absolute atomic E-state index is 9.44. The molecule has 0 aliphatic heterocycles. The number of aromatic amines is 1. The van der Waals surface area contributed by atoms with Crippen LogP contribution >= 0.6 is 0 Å². The van der Waals surface area contributed by atoms with Gasteiger partial charge in [-0.25, -0.2) is 0 Å². The van der Waals surface area contributed by atoms with Crippen LogP contribution in [0, 0.1) is 0 Å². The van der Waals surface area contributed by atoms with E-state index in [-0.39, 0.29) is 0 Å². The fraction of sp³-hybridized carbons (Fsp3) is 0.333. The minimum absolute atomic E-state index is 0.413. The van der Waals surface area contributed by atoms with Crippen LogP contribution in [-0.2, 0) is 11.2 Å². The molecule has 4 nitrogen and oxygen atoms in total. The lowest BCUT2D eigenvalue weighted by molar-refractivity contribution is -0.0890. The van der Waals surface area contributed by atoms with Crippen LogP contribution in [0.4, 0.5) is 0 Å². The van der Waals surface area contributed by atoms with Gasteiger partial charge in [-0.05, 0) is 18.1 Å². The molecule has 0 bridgehead atoms. The third-order valence-electron chi connectivity index (χ3n) is 2.74. The van der Waals surface area contributed by atoms with Gasteiger partial charge in [-0.2, -0.15) is 0 Å². The van der Waals surface area contributed by atoms with Gasteiger partial charge >= 0.3 is 0 Å². The molecular weight excluding hydrogens is 204 g/mol. The summed E-state index contributed by atoms with van der Waals surface area (Å²) in [5, 5.41) is 10.6. The molecule has 0 saturated carbocycles. The molecule has 0 amide bonds. The van der Waals surface area contributed by atoms with Crippen LogP contribution in [0.1, 0.15) is 5.56 Å². The maximum Gasteiger partial charge on any atom is 0.169 e. The Kier molecular flexibility index (Phi) is 3.24. The second-order valence-corrected chi connectivity index (χ2v) is 3.85. The molecule has 0 saturated heterocycles. The van der Waals surface area contributed by atoms with Gasteiger partial charge in [0.15, 0.2) is 6.29 Å². The Balaban J connectivity index is 2.21. The predicted molar refractivity (Wildman–Crippen MR) is 63.0 cm³/mol. The monoisotopic (exact) mass is 220 g/mol. The highest BCUT2D eigenvalue weighted by Gasteiger charge is 2.15. The quantitative estimate of drug-likeness (QED) is 0.673. The molecule has 4 heteroatoms. The van der Waals surface area contributed by atoms with E-state index in [4.69, 9.17) is 10.5 Å². The molecule has 1 heterocycles. The summed E-state index contributed by atoms with van der Waals surface area (Å²) in [6, 6.07) is 7.60. The average molecular weight is 220 g/mol. The number of nitrogens with one attached hydrogen (secondary N) is 1. The molecule has 0 radical (unpaired) electrons.